The molecule has 3 aliphatic rings. The van der Waals surface area contributed by atoms with E-state index >= 15 is 0 Å². The summed E-state index contributed by atoms with van der Waals surface area (Å²) in [7, 11) is 4.87. The number of carbonyl (C=O) groups is 6. The van der Waals surface area contributed by atoms with Crippen molar-refractivity contribution >= 4 is 36.1 Å². The van der Waals surface area contributed by atoms with Gasteiger partial charge >= 0.3 is 29.8 Å². The first-order valence-electron chi connectivity index (χ1n) is 22.4. The number of methoxy groups -OCH3 is 1. The van der Waals surface area contributed by atoms with E-state index in [4.69, 9.17) is 47.4 Å². The van der Waals surface area contributed by atoms with Crippen molar-refractivity contribution < 1.29 is 81.2 Å². The molecule has 1 N–H and O–H groups in total. The molecule has 364 valence electrons. The number of likely N-dealkylation sites (N-methyl/N-ethyl adjacent to an activating group) is 1. The molecule has 2 fully saturated rings. The fraction of sp³-hybridized carbons (Fsp3) is 0.783. The van der Waals surface area contributed by atoms with Crippen molar-refractivity contribution in [1.82, 2.24) is 4.90 Å². The van der Waals surface area contributed by atoms with Gasteiger partial charge in [-0.1, -0.05) is 39.0 Å². The number of carbonyl (C=O) groups excluding carboxylic acids is 6. The first-order valence-corrected chi connectivity index (χ1v) is 22.4. The lowest BCUT2D eigenvalue weighted by Crippen LogP contribution is -2.66. The molecule has 0 saturated carbocycles. The van der Waals surface area contributed by atoms with Crippen molar-refractivity contribution in [1.29, 1.82) is 0 Å². The number of nitrogens with zero attached hydrogens (tertiary/aromatic N) is 1. The molecule has 3 heterocycles. The largest absolute Gasteiger partial charge is 0.462 e. The van der Waals surface area contributed by atoms with Gasteiger partial charge in [0.1, 0.15) is 42.9 Å². The van der Waals surface area contributed by atoms with Crippen LogP contribution in [-0.4, -0.2) is 153 Å². The van der Waals surface area contributed by atoms with Gasteiger partial charge in [-0.05, 0) is 72.5 Å². The summed E-state index contributed by atoms with van der Waals surface area (Å²) >= 11 is 0. The lowest BCUT2D eigenvalue weighted by atomic mass is 9.81. The van der Waals surface area contributed by atoms with Crippen LogP contribution >= 0.6 is 0 Å². The summed E-state index contributed by atoms with van der Waals surface area (Å²) in [4.78, 5) is 77.3. The summed E-state index contributed by atoms with van der Waals surface area (Å²) < 4.78 is 61.1. The van der Waals surface area contributed by atoms with E-state index in [2.05, 4.69) is 0 Å². The van der Waals surface area contributed by atoms with Crippen LogP contribution in [0.5, 0.6) is 0 Å². The van der Waals surface area contributed by atoms with Gasteiger partial charge in [-0.2, -0.15) is 0 Å². The lowest BCUT2D eigenvalue weighted by Gasteiger charge is -2.51. The Morgan fingerprint density at radius 3 is 2.17 bits per heavy atom. The maximum absolute atomic E-state index is 13.5. The van der Waals surface area contributed by atoms with Gasteiger partial charge < -0.3 is 62.2 Å². The van der Waals surface area contributed by atoms with Gasteiger partial charge in [-0.3, -0.25) is 24.0 Å². The fourth-order valence-electron chi connectivity index (χ4n) is 8.78. The molecule has 0 aromatic heterocycles. The van der Waals surface area contributed by atoms with Crippen LogP contribution < -0.4 is 0 Å². The van der Waals surface area contributed by atoms with Crippen LogP contribution in [0, 0.1) is 11.8 Å². The van der Waals surface area contributed by atoms with Gasteiger partial charge in [0.15, 0.2) is 24.3 Å². The Hall–Kier alpha value is -3.78. The normalized spacial score (nSPS) is 37.7. The zero-order valence-corrected chi connectivity index (χ0v) is 39.6. The molecule has 3 aliphatic heterocycles. The highest BCUT2D eigenvalue weighted by Crippen LogP contribution is 2.39. The summed E-state index contributed by atoms with van der Waals surface area (Å²) in [5.41, 5.74) is -1.33. The van der Waals surface area contributed by atoms with Crippen LogP contribution in [0.3, 0.4) is 0 Å². The second kappa shape index (κ2) is 25.8. The van der Waals surface area contributed by atoms with Crippen LogP contribution in [0.2, 0.25) is 0 Å². The number of hydrogen-bond donors (Lipinski definition) is 1. The van der Waals surface area contributed by atoms with Crippen LogP contribution in [0.25, 0.3) is 0 Å². The van der Waals surface area contributed by atoms with Gasteiger partial charge in [-0.15, -0.1) is 0 Å². The number of allylic oxidation sites excluding steroid dienone is 2. The standard InChI is InChI=1S/C46H73NO17/c1-13-35(51)60-34-24-37(53)56-27(4)19-16-15-17-21-33(59-30(7)49)26(3)23-32(20-18-22-48)42(43(34)55-12)63-45-40(54)39(47(10)11)41(28(5)58-45)62-38-25-46(9,64-31(8)50)44(29(6)57-38)61-36(52)14-2/h15-17,21-22,26-29,32-34,38-45,54H,13-14,18-20,23-25H2,1-12H3/b16-15+,21-17+/t26-,27-,28+,29+,32+,33+,34-,38-,39-,40+,41-,42+,43+,44+,45+,46-/m1/s1. The summed E-state index contributed by atoms with van der Waals surface area (Å²) in [6, 6.07) is -0.820. The highest BCUT2D eigenvalue weighted by molar-refractivity contribution is 5.73. The first-order chi connectivity index (χ1) is 30.2. The number of cyclic esters (lactones) is 1. The Kier molecular flexibility index (Phi) is 22.0. The van der Waals surface area contributed by atoms with Crippen molar-refractivity contribution in [2.45, 2.75) is 199 Å². The Morgan fingerprint density at radius 1 is 0.906 bits per heavy atom. The monoisotopic (exact) mass is 911 g/mol. The van der Waals surface area contributed by atoms with E-state index in [9.17, 15) is 33.9 Å². The molecule has 0 amide bonds. The predicted molar refractivity (Wildman–Crippen MR) is 229 cm³/mol. The van der Waals surface area contributed by atoms with E-state index < -0.39 is 127 Å². The highest BCUT2D eigenvalue weighted by atomic mass is 16.7. The maximum atomic E-state index is 13.5. The molecule has 0 aliphatic carbocycles. The molecular weight excluding hydrogens is 838 g/mol. The van der Waals surface area contributed by atoms with E-state index in [1.165, 1.54) is 21.0 Å². The van der Waals surface area contributed by atoms with Crippen LogP contribution in [0.1, 0.15) is 114 Å². The number of hydrogen-bond acceptors (Lipinski definition) is 18. The number of rotatable bonds is 15. The predicted octanol–water partition coefficient (Wildman–Crippen LogP) is 4.30. The molecule has 3 rings (SSSR count). The molecule has 0 unspecified atom stereocenters. The zero-order valence-electron chi connectivity index (χ0n) is 39.6. The van der Waals surface area contributed by atoms with Crippen LogP contribution in [0.15, 0.2) is 24.3 Å². The molecule has 18 heteroatoms. The minimum atomic E-state index is -1.43. The third kappa shape index (κ3) is 15.7. The number of ether oxygens (including phenoxy) is 10. The zero-order chi connectivity index (χ0) is 47.9. The molecular formula is C46H73NO17. The Bertz CT molecular complexity index is 1600. The van der Waals surface area contributed by atoms with E-state index in [1.54, 1.807) is 78.8 Å². The Morgan fingerprint density at radius 2 is 1.58 bits per heavy atom. The first kappa shape index (κ1) is 54.6. The minimum Gasteiger partial charge on any atom is -0.462 e. The van der Waals surface area contributed by atoms with E-state index in [0.717, 1.165) is 6.29 Å². The van der Waals surface area contributed by atoms with Gasteiger partial charge in [0, 0.05) is 53.1 Å². The van der Waals surface area contributed by atoms with Crippen molar-refractivity contribution in [2.75, 3.05) is 21.2 Å². The smallest absolute Gasteiger partial charge is 0.309 e. The molecule has 64 heavy (non-hydrogen) atoms. The summed E-state index contributed by atoms with van der Waals surface area (Å²) in [5.74, 6) is -3.82. The quantitative estimate of drug-likeness (QED) is 0.138. The van der Waals surface area contributed by atoms with Gasteiger partial charge in [0.2, 0.25) is 0 Å². The van der Waals surface area contributed by atoms with E-state index in [0.29, 0.717) is 6.42 Å². The lowest BCUT2D eigenvalue weighted by molar-refractivity contribution is -0.344. The SMILES string of the molecule is CCC(=O)O[C@@H]1CC(=O)O[C@H](C)C/C=C/C=C/[C@H](OC(C)=O)[C@H](C)C[C@H](CCC=O)[C@H](O[C@@H]2O[C@@H](C)[C@@H](O[C@@H]3C[C@@](C)(OC(C)=O)[C@@H](OC(=O)CC)[C@H](C)O3)[C@H](N(C)C)[C@@H]2O)[C@H]1OC. The third-order valence-electron chi connectivity index (χ3n) is 11.8. The maximum Gasteiger partial charge on any atom is 0.309 e. The number of aliphatic hydroxyl groups excluding tert-OH is 1. The molecule has 0 aromatic carbocycles. The molecule has 0 bridgehead atoms. The second-order valence-electron chi connectivity index (χ2n) is 17.4. The second-order valence-corrected chi connectivity index (χ2v) is 17.4. The molecule has 18 nitrogen and oxygen atoms in total. The number of aldehydes is 1. The molecule has 2 saturated heterocycles. The topological polar surface area (TPSA) is 218 Å². The highest BCUT2D eigenvalue weighted by Gasteiger charge is 2.54. The van der Waals surface area contributed by atoms with Gasteiger partial charge in [0.25, 0.3) is 0 Å². The van der Waals surface area contributed by atoms with E-state index in [1.807, 2.05) is 13.0 Å². The average Bonchev–Trinajstić information content (AvgIpc) is 3.20. The molecule has 16 atom stereocenters. The summed E-state index contributed by atoms with van der Waals surface area (Å²) in [6.07, 6.45) is -3.55. The van der Waals surface area contributed by atoms with Crippen molar-refractivity contribution in [3.05, 3.63) is 24.3 Å². The summed E-state index contributed by atoms with van der Waals surface area (Å²) in [5, 5.41) is 12.3. The molecule has 0 aromatic rings. The Balaban J connectivity index is 2.11. The van der Waals surface area contributed by atoms with Gasteiger partial charge in [0.05, 0.1) is 30.8 Å². The van der Waals surface area contributed by atoms with Crippen molar-refractivity contribution in [3.8, 4) is 0 Å². The minimum absolute atomic E-state index is 0.0152. The molecule has 0 spiro atoms. The van der Waals surface area contributed by atoms with Gasteiger partial charge in [-0.25, -0.2) is 0 Å². The van der Waals surface area contributed by atoms with Crippen molar-refractivity contribution in [3.63, 3.8) is 0 Å². The number of aliphatic hydroxyl groups is 1. The molecule has 0 radical (unpaired) electrons. The fourth-order valence-corrected chi connectivity index (χ4v) is 8.78. The Labute approximate surface area is 377 Å². The van der Waals surface area contributed by atoms with Crippen molar-refractivity contribution in [2.24, 2.45) is 11.8 Å². The van der Waals surface area contributed by atoms with E-state index in [-0.39, 0.29) is 44.4 Å². The van der Waals surface area contributed by atoms with Crippen LogP contribution in [0.4, 0.5) is 0 Å². The third-order valence-corrected chi connectivity index (χ3v) is 11.8. The number of esters is 5. The summed E-state index contributed by atoms with van der Waals surface area (Å²) in [6.45, 7) is 14.5. The van der Waals surface area contributed by atoms with Crippen LogP contribution in [-0.2, 0) is 76.1 Å². The average molecular weight is 912 g/mol.